The summed E-state index contributed by atoms with van der Waals surface area (Å²) < 4.78 is 4.89. The molecule has 0 saturated heterocycles. The van der Waals surface area contributed by atoms with Gasteiger partial charge in [-0.2, -0.15) is 0 Å². The minimum absolute atomic E-state index is 1.12. The van der Waals surface area contributed by atoms with E-state index in [-0.39, 0.29) is 0 Å². The maximum absolute atomic E-state index is 2.46. The third kappa shape index (κ3) is 3.87. The van der Waals surface area contributed by atoms with Crippen molar-refractivity contribution in [2.75, 3.05) is 4.90 Å². The normalized spacial score (nSPS) is 11.8. The molecular formula is C44H29N3. The van der Waals surface area contributed by atoms with Crippen molar-refractivity contribution in [3.63, 3.8) is 0 Å². The lowest BCUT2D eigenvalue weighted by Crippen LogP contribution is -2.10. The second kappa shape index (κ2) is 10.1. The van der Waals surface area contributed by atoms with E-state index < -0.39 is 0 Å². The van der Waals surface area contributed by atoms with Gasteiger partial charge in [-0.05, 0) is 76.9 Å². The lowest BCUT2D eigenvalue weighted by molar-refractivity contribution is 1.27. The molecule has 0 unspecified atom stereocenters. The van der Waals surface area contributed by atoms with Crippen LogP contribution in [0, 0.1) is 0 Å². The molecular weight excluding hydrogens is 571 g/mol. The predicted octanol–water partition coefficient (Wildman–Crippen LogP) is 11.9. The van der Waals surface area contributed by atoms with Gasteiger partial charge in [0.15, 0.2) is 0 Å². The average Bonchev–Trinajstić information content (AvgIpc) is 3.78. The maximum atomic E-state index is 2.46. The molecule has 0 N–H and O–H groups in total. The Morgan fingerprint density at radius 2 is 0.745 bits per heavy atom. The van der Waals surface area contributed by atoms with Crippen LogP contribution in [0.25, 0.3) is 66.1 Å². The Bertz CT molecular complexity index is 2610. The molecule has 10 rings (SSSR count). The van der Waals surface area contributed by atoms with Crippen LogP contribution in [0.3, 0.4) is 0 Å². The lowest BCUT2D eigenvalue weighted by atomic mass is 10.0. The fourth-order valence-electron chi connectivity index (χ4n) is 7.52. The maximum Gasteiger partial charge on any atom is 0.131 e. The SMILES string of the molecule is c1ccc(-c2ccc(N(c3ccc(-c4ccccc4)cc3)c3ccc4c5c6ccccc6n6c7ccccc7n(c4c3)c56)cc2)cc1. The first-order valence-corrected chi connectivity index (χ1v) is 16.1. The van der Waals surface area contributed by atoms with Gasteiger partial charge in [0.1, 0.15) is 5.65 Å². The van der Waals surface area contributed by atoms with E-state index in [2.05, 4.69) is 190 Å². The molecule has 0 atom stereocenters. The summed E-state index contributed by atoms with van der Waals surface area (Å²) >= 11 is 0. The van der Waals surface area contributed by atoms with Crippen molar-refractivity contribution >= 4 is 60.9 Å². The van der Waals surface area contributed by atoms with Crippen molar-refractivity contribution in [1.29, 1.82) is 0 Å². The van der Waals surface area contributed by atoms with Crippen molar-refractivity contribution in [3.8, 4) is 22.3 Å². The van der Waals surface area contributed by atoms with Crippen molar-refractivity contribution in [1.82, 2.24) is 8.80 Å². The van der Waals surface area contributed by atoms with Crippen LogP contribution < -0.4 is 4.90 Å². The molecule has 0 aliphatic heterocycles. The Morgan fingerprint density at radius 3 is 1.32 bits per heavy atom. The molecule has 3 heteroatoms. The number of rotatable bonds is 5. The Labute approximate surface area is 272 Å². The summed E-state index contributed by atoms with van der Waals surface area (Å²) in [6, 6.07) is 63.5. The van der Waals surface area contributed by atoms with Crippen LogP contribution in [0.2, 0.25) is 0 Å². The smallest absolute Gasteiger partial charge is 0.131 e. The van der Waals surface area contributed by atoms with Gasteiger partial charge in [-0.3, -0.25) is 8.80 Å². The third-order valence-electron chi connectivity index (χ3n) is 9.64. The van der Waals surface area contributed by atoms with Gasteiger partial charge in [-0.15, -0.1) is 0 Å². The molecule has 47 heavy (non-hydrogen) atoms. The molecule has 220 valence electrons. The highest BCUT2D eigenvalue weighted by Crippen LogP contribution is 2.44. The number of aromatic nitrogens is 2. The van der Waals surface area contributed by atoms with Gasteiger partial charge in [0.25, 0.3) is 0 Å². The zero-order valence-corrected chi connectivity index (χ0v) is 25.6. The summed E-state index contributed by atoms with van der Waals surface area (Å²) in [5, 5.41) is 3.87. The Balaban J connectivity index is 1.20. The molecule has 0 fully saturated rings. The molecule has 3 aromatic heterocycles. The first-order valence-electron chi connectivity index (χ1n) is 16.1. The van der Waals surface area contributed by atoms with Gasteiger partial charge in [0, 0.05) is 33.2 Å². The van der Waals surface area contributed by atoms with Gasteiger partial charge in [0.2, 0.25) is 0 Å². The van der Waals surface area contributed by atoms with E-state index in [1.54, 1.807) is 0 Å². The quantitative estimate of drug-likeness (QED) is 0.192. The molecule has 10 aromatic rings. The average molecular weight is 600 g/mol. The zero-order chi connectivity index (χ0) is 30.9. The number of anilines is 3. The highest BCUT2D eigenvalue weighted by Gasteiger charge is 2.23. The van der Waals surface area contributed by atoms with Gasteiger partial charge in [-0.25, -0.2) is 0 Å². The summed E-state index contributed by atoms with van der Waals surface area (Å²) in [6.45, 7) is 0. The zero-order valence-electron chi connectivity index (χ0n) is 25.6. The Morgan fingerprint density at radius 1 is 0.319 bits per heavy atom. The van der Waals surface area contributed by atoms with Crippen LogP contribution in [0.15, 0.2) is 176 Å². The largest absolute Gasteiger partial charge is 0.310 e. The molecule has 7 aromatic carbocycles. The highest BCUT2D eigenvalue weighted by atomic mass is 15.1. The molecule has 0 bridgehead atoms. The molecule has 3 heterocycles. The van der Waals surface area contributed by atoms with E-state index in [1.165, 1.54) is 66.1 Å². The second-order valence-electron chi connectivity index (χ2n) is 12.2. The molecule has 3 nitrogen and oxygen atoms in total. The van der Waals surface area contributed by atoms with E-state index in [9.17, 15) is 0 Å². The number of fused-ring (bicyclic) bond motifs is 9. The summed E-state index contributed by atoms with van der Waals surface area (Å²) in [7, 11) is 0. The van der Waals surface area contributed by atoms with Crippen LogP contribution >= 0.6 is 0 Å². The van der Waals surface area contributed by atoms with Gasteiger partial charge < -0.3 is 4.90 Å². The number of hydrogen-bond acceptors (Lipinski definition) is 1. The topological polar surface area (TPSA) is 12.1 Å². The van der Waals surface area contributed by atoms with E-state index >= 15 is 0 Å². The monoisotopic (exact) mass is 599 g/mol. The first kappa shape index (κ1) is 26.0. The van der Waals surface area contributed by atoms with Crippen molar-refractivity contribution in [2.45, 2.75) is 0 Å². The van der Waals surface area contributed by atoms with E-state index in [0.717, 1.165) is 17.1 Å². The van der Waals surface area contributed by atoms with E-state index in [4.69, 9.17) is 0 Å². The van der Waals surface area contributed by atoms with Gasteiger partial charge in [-0.1, -0.05) is 121 Å². The van der Waals surface area contributed by atoms with Crippen molar-refractivity contribution in [3.05, 3.63) is 176 Å². The summed E-state index contributed by atoms with van der Waals surface area (Å²) in [4.78, 5) is 2.38. The van der Waals surface area contributed by atoms with Crippen LogP contribution in [-0.2, 0) is 0 Å². The number of benzene rings is 7. The number of imidazole rings is 1. The van der Waals surface area contributed by atoms with E-state index in [1.807, 2.05) is 0 Å². The first-order chi connectivity index (χ1) is 23.3. The number of nitrogens with zero attached hydrogens (tertiary/aromatic N) is 3. The van der Waals surface area contributed by atoms with Crippen molar-refractivity contribution in [2.24, 2.45) is 0 Å². The lowest BCUT2D eigenvalue weighted by Gasteiger charge is -2.26. The van der Waals surface area contributed by atoms with Crippen LogP contribution in [0.5, 0.6) is 0 Å². The minimum Gasteiger partial charge on any atom is -0.310 e. The second-order valence-corrected chi connectivity index (χ2v) is 12.2. The molecule has 0 aliphatic carbocycles. The fourth-order valence-corrected chi connectivity index (χ4v) is 7.52. The van der Waals surface area contributed by atoms with Crippen LogP contribution in [-0.4, -0.2) is 8.80 Å². The summed E-state index contributed by atoms with van der Waals surface area (Å²) in [5.41, 5.74) is 14.3. The minimum atomic E-state index is 1.12. The fraction of sp³-hybridized carbons (Fsp3) is 0. The Kier molecular flexibility index (Phi) is 5.57. The van der Waals surface area contributed by atoms with E-state index in [0.29, 0.717) is 0 Å². The van der Waals surface area contributed by atoms with Crippen molar-refractivity contribution < 1.29 is 0 Å². The number of para-hydroxylation sites is 3. The van der Waals surface area contributed by atoms with Gasteiger partial charge in [0.05, 0.1) is 22.1 Å². The molecule has 0 saturated carbocycles. The van der Waals surface area contributed by atoms with Crippen LogP contribution in [0.4, 0.5) is 17.1 Å². The number of hydrogen-bond donors (Lipinski definition) is 0. The summed E-state index contributed by atoms with van der Waals surface area (Å²) in [5.74, 6) is 0. The molecule has 0 radical (unpaired) electrons. The molecule has 0 aliphatic rings. The predicted molar refractivity (Wildman–Crippen MR) is 198 cm³/mol. The third-order valence-corrected chi connectivity index (χ3v) is 9.64. The summed E-state index contributed by atoms with van der Waals surface area (Å²) in [6.07, 6.45) is 0. The standard InChI is InChI=1S/C44H29N3/c1-3-11-30(12-4-1)32-19-23-34(24-20-32)45(35-25-21-33(22-26-35)31-13-5-2-6-14-31)36-27-28-38-42(29-36)47-41-18-10-9-17-40(41)46-39-16-8-7-15-37(39)43(38)44(46)47/h1-29H. The Hall–Kier alpha value is -6.32. The van der Waals surface area contributed by atoms with Gasteiger partial charge >= 0.3 is 0 Å². The van der Waals surface area contributed by atoms with Crippen LogP contribution in [0.1, 0.15) is 0 Å². The molecule has 0 amide bonds. The highest BCUT2D eigenvalue weighted by molar-refractivity contribution is 6.24. The molecule has 0 spiro atoms.